The maximum atomic E-state index is 11.9. The van der Waals surface area contributed by atoms with Crippen molar-refractivity contribution in [1.82, 2.24) is 15.3 Å². The fourth-order valence-electron chi connectivity index (χ4n) is 1.46. The van der Waals surface area contributed by atoms with Gasteiger partial charge in [0.25, 0.3) is 5.91 Å². The molecule has 3 N–H and O–H groups in total. The molecule has 0 aliphatic heterocycles. The number of rotatable bonds is 3. The molecule has 18 heavy (non-hydrogen) atoms. The van der Waals surface area contributed by atoms with Crippen LogP contribution in [0.25, 0.3) is 10.3 Å². The first-order valence-electron chi connectivity index (χ1n) is 5.41. The molecule has 2 rings (SSSR count). The molecule has 2 aromatic heterocycles. The molecule has 0 radical (unpaired) electrons. The number of carbonyl (C=O) groups excluding carboxylic acids is 1. The molecule has 6 heteroatoms. The van der Waals surface area contributed by atoms with Gasteiger partial charge in [-0.1, -0.05) is 0 Å². The van der Waals surface area contributed by atoms with Gasteiger partial charge in [-0.2, -0.15) is 0 Å². The second-order valence-electron chi connectivity index (χ2n) is 3.49. The van der Waals surface area contributed by atoms with Crippen molar-refractivity contribution in [3.8, 4) is 11.8 Å². The standard InChI is InChI=1S/C12H12N4OS/c1-2-3-4-5-15-11(17)10-8(13)9-12(18-10)16-7-6-14-9/h6-7H,4-5,13H2,1H3,(H,15,17). The normalized spacial score (nSPS) is 9.83. The number of thiophene rings is 1. The molecule has 92 valence electrons. The maximum absolute atomic E-state index is 11.9. The summed E-state index contributed by atoms with van der Waals surface area (Å²) in [4.78, 5) is 21.3. The first kappa shape index (κ1) is 12.3. The van der Waals surface area contributed by atoms with E-state index in [0.717, 1.165) is 0 Å². The van der Waals surface area contributed by atoms with E-state index in [1.165, 1.54) is 11.3 Å². The van der Waals surface area contributed by atoms with Crippen LogP contribution in [0.15, 0.2) is 12.4 Å². The zero-order valence-corrected chi connectivity index (χ0v) is 10.7. The summed E-state index contributed by atoms with van der Waals surface area (Å²) >= 11 is 1.25. The molecular formula is C12H12N4OS. The molecule has 0 fully saturated rings. The quantitative estimate of drug-likeness (QED) is 0.646. The van der Waals surface area contributed by atoms with E-state index in [1.807, 2.05) is 0 Å². The lowest BCUT2D eigenvalue weighted by Crippen LogP contribution is -2.24. The summed E-state index contributed by atoms with van der Waals surface area (Å²) in [6.07, 6.45) is 3.77. The average Bonchev–Trinajstić information content (AvgIpc) is 2.73. The van der Waals surface area contributed by atoms with Gasteiger partial charge in [0, 0.05) is 25.4 Å². The second kappa shape index (κ2) is 5.47. The van der Waals surface area contributed by atoms with E-state index in [1.54, 1.807) is 19.3 Å². The van der Waals surface area contributed by atoms with Gasteiger partial charge < -0.3 is 11.1 Å². The van der Waals surface area contributed by atoms with Crippen molar-refractivity contribution in [1.29, 1.82) is 0 Å². The third-order valence-electron chi connectivity index (χ3n) is 2.28. The number of aromatic nitrogens is 2. The highest BCUT2D eigenvalue weighted by Crippen LogP contribution is 2.30. The summed E-state index contributed by atoms with van der Waals surface area (Å²) in [5.74, 6) is 5.45. The summed E-state index contributed by atoms with van der Waals surface area (Å²) < 4.78 is 0. The van der Waals surface area contributed by atoms with Crippen molar-refractivity contribution in [2.75, 3.05) is 12.3 Å². The highest BCUT2D eigenvalue weighted by molar-refractivity contribution is 7.21. The van der Waals surface area contributed by atoms with Crippen molar-refractivity contribution in [2.45, 2.75) is 13.3 Å². The minimum absolute atomic E-state index is 0.199. The Balaban J connectivity index is 2.17. The Bertz CT molecular complexity index is 638. The predicted octanol–water partition coefficient (Wildman–Crippen LogP) is 1.42. The number of nitrogens with zero attached hydrogens (tertiary/aromatic N) is 2. The largest absolute Gasteiger partial charge is 0.396 e. The van der Waals surface area contributed by atoms with Crippen molar-refractivity contribution < 1.29 is 4.79 Å². The monoisotopic (exact) mass is 260 g/mol. The molecule has 0 saturated heterocycles. The Kier molecular flexibility index (Phi) is 3.75. The third kappa shape index (κ3) is 2.41. The molecule has 0 atom stereocenters. The summed E-state index contributed by atoms with van der Waals surface area (Å²) in [6, 6.07) is 0. The van der Waals surface area contributed by atoms with Crippen LogP contribution in [0.5, 0.6) is 0 Å². The minimum Gasteiger partial charge on any atom is -0.396 e. The van der Waals surface area contributed by atoms with Crippen molar-refractivity contribution >= 4 is 33.3 Å². The van der Waals surface area contributed by atoms with Gasteiger partial charge in [0.1, 0.15) is 15.2 Å². The van der Waals surface area contributed by atoms with Crippen molar-refractivity contribution in [2.24, 2.45) is 0 Å². The fourth-order valence-corrected chi connectivity index (χ4v) is 2.39. The first-order chi connectivity index (χ1) is 8.74. The van der Waals surface area contributed by atoms with Crippen LogP contribution in [0.2, 0.25) is 0 Å². The molecule has 0 unspecified atom stereocenters. The molecule has 0 saturated carbocycles. The van der Waals surface area contributed by atoms with Gasteiger partial charge in [-0.3, -0.25) is 4.79 Å². The molecule has 2 heterocycles. The second-order valence-corrected chi connectivity index (χ2v) is 4.49. The topological polar surface area (TPSA) is 80.9 Å². The van der Waals surface area contributed by atoms with Gasteiger partial charge in [-0.25, -0.2) is 9.97 Å². The van der Waals surface area contributed by atoms with Crippen LogP contribution < -0.4 is 11.1 Å². The molecule has 0 bridgehead atoms. The molecule has 0 aromatic carbocycles. The smallest absolute Gasteiger partial charge is 0.263 e. The Morgan fingerprint density at radius 3 is 3.00 bits per heavy atom. The van der Waals surface area contributed by atoms with Crippen LogP contribution in [0.3, 0.4) is 0 Å². The highest BCUT2D eigenvalue weighted by atomic mass is 32.1. The third-order valence-corrected chi connectivity index (χ3v) is 3.38. The summed E-state index contributed by atoms with van der Waals surface area (Å²) in [6.45, 7) is 2.28. The van der Waals surface area contributed by atoms with Gasteiger partial charge >= 0.3 is 0 Å². The van der Waals surface area contributed by atoms with Crippen LogP contribution in [0.4, 0.5) is 5.69 Å². The zero-order chi connectivity index (χ0) is 13.0. The number of hydrogen-bond donors (Lipinski definition) is 2. The van der Waals surface area contributed by atoms with Crippen molar-refractivity contribution in [3.05, 3.63) is 17.3 Å². The average molecular weight is 260 g/mol. The summed E-state index contributed by atoms with van der Waals surface area (Å²) in [7, 11) is 0. The Hall–Kier alpha value is -2.13. The Labute approximate surface area is 108 Å². The Morgan fingerprint density at radius 1 is 1.50 bits per heavy atom. The van der Waals surface area contributed by atoms with Gasteiger partial charge in [-0.05, 0) is 6.92 Å². The van der Waals surface area contributed by atoms with E-state index < -0.39 is 0 Å². The molecule has 2 aromatic rings. The lowest BCUT2D eigenvalue weighted by molar-refractivity contribution is 0.0959. The van der Waals surface area contributed by atoms with Crippen LogP contribution in [0, 0.1) is 11.8 Å². The van der Waals surface area contributed by atoms with E-state index in [9.17, 15) is 4.79 Å². The minimum atomic E-state index is -0.199. The number of amides is 1. The number of hydrogen-bond acceptors (Lipinski definition) is 5. The number of nitrogens with one attached hydrogen (secondary N) is 1. The van der Waals surface area contributed by atoms with Crippen LogP contribution in [-0.4, -0.2) is 22.4 Å². The molecule has 0 spiro atoms. The van der Waals surface area contributed by atoms with Gasteiger partial charge in [0.2, 0.25) is 0 Å². The van der Waals surface area contributed by atoms with Crippen molar-refractivity contribution in [3.63, 3.8) is 0 Å². The van der Waals surface area contributed by atoms with E-state index in [-0.39, 0.29) is 5.91 Å². The number of nitrogens with two attached hydrogens (primary N) is 1. The molecular weight excluding hydrogens is 248 g/mol. The van der Waals surface area contributed by atoms with E-state index in [2.05, 4.69) is 27.1 Å². The molecule has 0 aliphatic rings. The molecule has 1 amide bonds. The van der Waals surface area contributed by atoms with Crippen LogP contribution in [0.1, 0.15) is 23.0 Å². The van der Waals surface area contributed by atoms with Crippen LogP contribution >= 0.6 is 11.3 Å². The van der Waals surface area contributed by atoms with Crippen LogP contribution in [-0.2, 0) is 0 Å². The number of anilines is 1. The SMILES string of the molecule is CC#CCCNC(=O)c1sc2nccnc2c1N. The van der Waals surface area contributed by atoms with E-state index in [0.29, 0.717) is 33.9 Å². The van der Waals surface area contributed by atoms with Gasteiger partial charge in [0.05, 0.1) is 5.69 Å². The van der Waals surface area contributed by atoms with Gasteiger partial charge in [0.15, 0.2) is 0 Å². The summed E-state index contributed by atoms with van der Waals surface area (Å²) in [5.41, 5.74) is 6.86. The fraction of sp³-hybridized carbons (Fsp3) is 0.250. The maximum Gasteiger partial charge on any atom is 0.263 e. The summed E-state index contributed by atoms with van der Waals surface area (Å²) in [5, 5.41) is 2.77. The predicted molar refractivity (Wildman–Crippen MR) is 72.2 cm³/mol. The zero-order valence-electron chi connectivity index (χ0n) is 9.86. The van der Waals surface area contributed by atoms with E-state index in [4.69, 9.17) is 5.73 Å². The van der Waals surface area contributed by atoms with Gasteiger partial charge in [-0.15, -0.1) is 23.2 Å². The number of nitrogen functional groups attached to an aromatic ring is 1. The molecule has 0 aliphatic carbocycles. The number of fused-ring (bicyclic) bond motifs is 1. The Morgan fingerprint density at radius 2 is 2.28 bits per heavy atom. The number of carbonyl (C=O) groups is 1. The lowest BCUT2D eigenvalue weighted by Gasteiger charge is -2.00. The highest BCUT2D eigenvalue weighted by Gasteiger charge is 2.17. The first-order valence-corrected chi connectivity index (χ1v) is 6.22. The van der Waals surface area contributed by atoms with E-state index >= 15 is 0 Å². The molecule has 5 nitrogen and oxygen atoms in total. The lowest BCUT2D eigenvalue weighted by atomic mass is 10.3.